The molecule has 0 radical (unpaired) electrons. The lowest BCUT2D eigenvalue weighted by Gasteiger charge is -2.27. The van der Waals surface area contributed by atoms with E-state index in [1.165, 1.54) is 4.57 Å². The van der Waals surface area contributed by atoms with E-state index < -0.39 is 11.9 Å². The second kappa shape index (κ2) is 5.14. The molecule has 0 aliphatic carbocycles. The molecular weight excluding hydrogens is 295 g/mol. The fraction of sp³-hybridized carbons (Fsp3) is 0.600. The summed E-state index contributed by atoms with van der Waals surface area (Å²) >= 11 is 3.12. The van der Waals surface area contributed by atoms with Crippen molar-refractivity contribution in [2.45, 2.75) is 26.0 Å². The van der Waals surface area contributed by atoms with Gasteiger partial charge in [-0.15, -0.1) is 0 Å². The standard InChI is InChI=1S/C10H12BrFN2O3/c1-2-16-9(15)7-8(12)13-10(11)14(7)5-6-3-4-17-6/h6H,2-5H2,1H3. The average molecular weight is 307 g/mol. The molecule has 1 aliphatic rings. The summed E-state index contributed by atoms with van der Waals surface area (Å²) in [4.78, 5) is 15.2. The van der Waals surface area contributed by atoms with E-state index in [4.69, 9.17) is 9.47 Å². The molecule has 0 spiro atoms. The van der Waals surface area contributed by atoms with Gasteiger partial charge in [0, 0.05) is 6.61 Å². The summed E-state index contributed by atoms with van der Waals surface area (Å²) in [5, 5.41) is 0. The quantitative estimate of drug-likeness (QED) is 0.795. The van der Waals surface area contributed by atoms with Gasteiger partial charge in [-0.3, -0.25) is 0 Å². The van der Waals surface area contributed by atoms with Crippen LogP contribution in [0.4, 0.5) is 4.39 Å². The molecule has 1 unspecified atom stereocenters. The molecule has 0 saturated carbocycles. The maximum absolute atomic E-state index is 13.5. The van der Waals surface area contributed by atoms with Crippen LogP contribution in [0.15, 0.2) is 4.73 Å². The van der Waals surface area contributed by atoms with Crippen LogP contribution in [0.1, 0.15) is 23.8 Å². The van der Waals surface area contributed by atoms with Crippen molar-refractivity contribution in [3.05, 3.63) is 16.4 Å². The molecule has 2 rings (SSSR count). The van der Waals surface area contributed by atoms with Gasteiger partial charge >= 0.3 is 5.97 Å². The van der Waals surface area contributed by atoms with E-state index in [1.54, 1.807) is 6.92 Å². The van der Waals surface area contributed by atoms with Crippen molar-refractivity contribution in [2.75, 3.05) is 13.2 Å². The van der Waals surface area contributed by atoms with Crippen molar-refractivity contribution in [2.24, 2.45) is 0 Å². The van der Waals surface area contributed by atoms with E-state index in [-0.39, 0.29) is 23.1 Å². The highest BCUT2D eigenvalue weighted by Gasteiger charge is 2.27. The normalized spacial score (nSPS) is 18.9. The van der Waals surface area contributed by atoms with Crippen molar-refractivity contribution >= 4 is 21.9 Å². The van der Waals surface area contributed by atoms with Crippen LogP contribution < -0.4 is 0 Å². The minimum absolute atomic E-state index is 0.00748. The lowest BCUT2D eigenvalue weighted by molar-refractivity contribution is -0.0599. The van der Waals surface area contributed by atoms with Gasteiger partial charge in [0.25, 0.3) is 0 Å². The molecule has 1 aromatic heterocycles. The second-order valence-corrected chi connectivity index (χ2v) is 4.34. The first-order valence-electron chi connectivity index (χ1n) is 5.33. The highest BCUT2D eigenvalue weighted by molar-refractivity contribution is 9.10. The largest absolute Gasteiger partial charge is 0.461 e. The van der Waals surface area contributed by atoms with E-state index in [0.29, 0.717) is 13.2 Å². The van der Waals surface area contributed by atoms with E-state index in [9.17, 15) is 9.18 Å². The van der Waals surface area contributed by atoms with Gasteiger partial charge in [0.05, 0.1) is 19.3 Å². The summed E-state index contributed by atoms with van der Waals surface area (Å²) in [5.41, 5.74) is -0.158. The monoisotopic (exact) mass is 306 g/mol. The van der Waals surface area contributed by atoms with Crippen LogP contribution in [0.2, 0.25) is 0 Å². The van der Waals surface area contributed by atoms with E-state index in [0.717, 1.165) is 6.42 Å². The zero-order valence-electron chi connectivity index (χ0n) is 9.28. The maximum atomic E-state index is 13.5. The second-order valence-electron chi connectivity index (χ2n) is 3.63. The van der Waals surface area contributed by atoms with E-state index in [1.807, 2.05) is 0 Å². The number of carbonyl (C=O) groups excluding carboxylic acids is 1. The Morgan fingerprint density at radius 1 is 1.76 bits per heavy atom. The van der Waals surface area contributed by atoms with Gasteiger partial charge in [0.2, 0.25) is 5.95 Å². The smallest absolute Gasteiger partial charge is 0.359 e. The van der Waals surface area contributed by atoms with Crippen LogP contribution >= 0.6 is 15.9 Å². The number of halogens is 2. The maximum Gasteiger partial charge on any atom is 0.359 e. The molecule has 1 saturated heterocycles. The molecule has 17 heavy (non-hydrogen) atoms. The highest BCUT2D eigenvalue weighted by Crippen LogP contribution is 2.21. The van der Waals surface area contributed by atoms with Crippen LogP contribution in [0.5, 0.6) is 0 Å². The van der Waals surface area contributed by atoms with Gasteiger partial charge in [-0.2, -0.15) is 9.37 Å². The molecule has 0 amide bonds. The minimum Gasteiger partial charge on any atom is -0.461 e. The van der Waals surface area contributed by atoms with Crippen LogP contribution in [0.25, 0.3) is 0 Å². The van der Waals surface area contributed by atoms with Crippen molar-refractivity contribution in [1.82, 2.24) is 9.55 Å². The number of esters is 1. The molecule has 1 atom stereocenters. The average Bonchev–Trinajstić information content (AvgIpc) is 2.47. The molecule has 0 bridgehead atoms. The van der Waals surface area contributed by atoms with Crippen LogP contribution in [-0.4, -0.2) is 34.8 Å². The first kappa shape index (κ1) is 12.5. The Bertz CT molecular complexity index is 431. The fourth-order valence-corrected chi connectivity index (χ4v) is 2.07. The van der Waals surface area contributed by atoms with Gasteiger partial charge < -0.3 is 14.0 Å². The van der Waals surface area contributed by atoms with Crippen molar-refractivity contribution in [1.29, 1.82) is 0 Å². The minimum atomic E-state index is -0.824. The highest BCUT2D eigenvalue weighted by atomic mass is 79.9. The van der Waals surface area contributed by atoms with Crippen molar-refractivity contribution in [3.63, 3.8) is 0 Å². The van der Waals surface area contributed by atoms with E-state index >= 15 is 0 Å². The predicted octanol–water partition coefficient (Wildman–Crippen LogP) is 1.75. The van der Waals surface area contributed by atoms with Crippen molar-refractivity contribution < 1.29 is 18.7 Å². The van der Waals surface area contributed by atoms with Gasteiger partial charge in [-0.05, 0) is 29.3 Å². The Balaban J connectivity index is 2.24. The summed E-state index contributed by atoms with van der Waals surface area (Å²) in [6.07, 6.45) is 0.905. The summed E-state index contributed by atoms with van der Waals surface area (Å²) < 4.78 is 25.3. The summed E-state index contributed by atoms with van der Waals surface area (Å²) in [7, 11) is 0. The summed E-state index contributed by atoms with van der Waals surface area (Å²) in [6.45, 7) is 2.96. The molecular formula is C10H12BrFN2O3. The molecule has 94 valence electrons. The summed E-state index contributed by atoms with van der Waals surface area (Å²) in [5.74, 6) is -1.53. The van der Waals surface area contributed by atoms with E-state index in [2.05, 4.69) is 20.9 Å². The Labute approximate surface area is 106 Å². The van der Waals surface area contributed by atoms with Crippen LogP contribution in [0.3, 0.4) is 0 Å². The third-order valence-electron chi connectivity index (χ3n) is 2.53. The zero-order valence-corrected chi connectivity index (χ0v) is 10.9. The number of nitrogens with zero attached hydrogens (tertiary/aromatic N) is 2. The predicted molar refractivity (Wildman–Crippen MR) is 60.2 cm³/mol. The first-order chi connectivity index (χ1) is 8.13. The lowest BCUT2D eigenvalue weighted by Crippen LogP contribution is -2.32. The molecule has 1 fully saturated rings. The summed E-state index contributed by atoms with van der Waals surface area (Å²) in [6, 6.07) is 0. The SMILES string of the molecule is CCOC(=O)c1c(F)nc(Br)n1CC1CCO1. The number of carbonyl (C=O) groups is 1. The Kier molecular flexibility index (Phi) is 3.78. The van der Waals surface area contributed by atoms with Crippen LogP contribution in [0, 0.1) is 5.95 Å². The number of imidazole rings is 1. The number of hydrogen-bond acceptors (Lipinski definition) is 4. The molecule has 0 aromatic carbocycles. The lowest BCUT2D eigenvalue weighted by atomic mass is 10.2. The Morgan fingerprint density at radius 2 is 2.47 bits per heavy atom. The van der Waals surface area contributed by atoms with Gasteiger partial charge in [0.1, 0.15) is 0 Å². The third kappa shape index (κ3) is 2.50. The number of ether oxygens (including phenoxy) is 2. The first-order valence-corrected chi connectivity index (χ1v) is 6.13. The Hall–Kier alpha value is -0.950. The third-order valence-corrected chi connectivity index (χ3v) is 3.13. The molecule has 0 N–H and O–H groups in total. The van der Waals surface area contributed by atoms with Crippen molar-refractivity contribution in [3.8, 4) is 0 Å². The number of hydrogen-bond donors (Lipinski definition) is 0. The Morgan fingerprint density at radius 3 is 3.00 bits per heavy atom. The number of aromatic nitrogens is 2. The van der Waals surface area contributed by atoms with Crippen LogP contribution in [-0.2, 0) is 16.0 Å². The molecule has 5 nitrogen and oxygen atoms in total. The number of rotatable bonds is 4. The molecule has 7 heteroatoms. The molecule has 1 aliphatic heterocycles. The molecule has 2 heterocycles. The van der Waals surface area contributed by atoms with Gasteiger partial charge in [-0.1, -0.05) is 0 Å². The fourth-order valence-electron chi connectivity index (χ4n) is 1.59. The molecule has 1 aromatic rings. The van der Waals surface area contributed by atoms with Gasteiger partial charge in [-0.25, -0.2) is 4.79 Å². The topological polar surface area (TPSA) is 53.3 Å². The zero-order chi connectivity index (χ0) is 12.4. The van der Waals surface area contributed by atoms with Gasteiger partial charge in [0.15, 0.2) is 10.4 Å².